The molecule has 4 heteroatoms. The van der Waals surface area contributed by atoms with Crippen LogP contribution in [0.25, 0.3) is 0 Å². The molecule has 1 aromatic rings. The lowest BCUT2D eigenvalue weighted by Crippen LogP contribution is -2.34. The van der Waals surface area contributed by atoms with Crippen LogP contribution in [-0.4, -0.2) is 19.8 Å². The highest BCUT2D eigenvalue weighted by Crippen LogP contribution is 2.51. The summed E-state index contributed by atoms with van der Waals surface area (Å²) in [4.78, 5) is 0. The first-order chi connectivity index (χ1) is 9.18. The number of nitrogens with two attached hydrogens (primary N) is 1. The molecular formula is C15H20BrNO2. The minimum atomic E-state index is 0.0681. The van der Waals surface area contributed by atoms with Gasteiger partial charge < -0.3 is 15.2 Å². The van der Waals surface area contributed by atoms with Crippen molar-refractivity contribution in [1.29, 1.82) is 0 Å². The normalized spacial score (nSPS) is 20.6. The van der Waals surface area contributed by atoms with E-state index in [4.69, 9.17) is 15.2 Å². The third kappa shape index (κ3) is 2.05. The van der Waals surface area contributed by atoms with Crippen LogP contribution in [0.4, 0.5) is 0 Å². The maximum Gasteiger partial charge on any atom is 0.165 e. The maximum atomic E-state index is 6.14. The zero-order chi connectivity index (χ0) is 13.5. The monoisotopic (exact) mass is 325 g/mol. The molecule has 1 aliphatic heterocycles. The minimum absolute atomic E-state index is 0.0681. The number of benzene rings is 1. The first-order valence-corrected chi connectivity index (χ1v) is 7.76. The molecule has 1 fully saturated rings. The van der Waals surface area contributed by atoms with Gasteiger partial charge in [0.1, 0.15) is 13.2 Å². The standard InChI is InChI=1S/C15H20BrNO2/c1-10-11(16)8-12-14(19-7-6-18-12)13(10)15(9-17)4-2-3-5-15/h8H,2-7,9,17H2,1H3. The highest BCUT2D eigenvalue weighted by molar-refractivity contribution is 9.10. The summed E-state index contributed by atoms with van der Waals surface area (Å²) >= 11 is 3.65. The Morgan fingerprint density at radius 2 is 1.95 bits per heavy atom. The fraction of sp³-hybridized carbons (Fsp3) is 0.600. The average molecular weight is 326 g/mol. The molecule has 0 atom stereocenters. The minimum Gasteiger partial charge on any atom is -0.486 e. The van der Waals surface area contributed by atoms with Crippen LogP contribution >= 0.6 is 15.9 Å². The molecule has 0 unspecified atom stereocenters. The van der Waals surface area contributed by atoms with E-state index in [0.717, 1.165) is 28.8 Å². The maximum absolute atomic E-state index is 6.14. The lowest BCUT2D eigenvalue weighted by molar-refractivity contribution is 0.166. The topological polar surface area (TPSA) is 44.5 Å². The molecule has 1 aromatic carbocycles. The van der Waals surface area contributed by atoms with Crippen LogP contribution in [0.2, 0.25) is 0 Å². The molecule has 0 saturated heterocycles. The molecular weight excluding hydrogens is 306 g/mol. The molecule has 1 saturated carbocycles. The molecule has 3 rings (SSSR count). The summed E-state index contributed by atoms with van der Waals surface area (Å²) in [6, 6.07) is 2.02. The van der Waals surface area contributed by atoms with Crippen LogP contribution in [0.3, 0.4) is 0 Å². The third-order valence-electron chi connectivity index (χ3n) is 4.51. The van der Waals surface area contributed by atoms with Gasteiger partial charge in [0.15, 0.2) is 11.5 Å². The predicted molar refractivity (Wildman–Crippen MR) is 79.1 cm³/mol. The van der Waals surface area contributed by atoms with Crippen molar-refractivity contribution in [3.05, 3.63) is 21.7 Å². The summed E-state index contributed by atoms with van der Waals surface area (Å²) in [6.45, 7) is 4.08. The SMILES string of the molecule is Cc1c(Br)cc2c(c1C1(CN)CCCC1)OCCO2. The van der Waals surface area contributed by atoms with E-state index in [-0.39, 0.29) is 5.41 Å². The highest BCUT2D eigenvalue weighted by atomic mass is 79.9. The molecule has 0 aromatic heterocycles. The van der Waals surface area contributed by atoms with Gasteiger partial charge in [0, 0.05) is 22.0 Å². The van der Waals surface area contributed by atoms with E-state index in [1.165, 1.54) is 24.0 Å². The molecule has 3 nitrogen and oxygen atoms in total. The Kier molecular flexibility index (Phi) is 3.48. The van der Waals surface area contributed by atoms with Crippen molar-refractivity contribution in [3.63, 3.8) is 0 Å². The predicted octanol–water partition coefficient (Wildman–Crippen LogP) is 3.30. The smallest absolute Gasteiger partial charge is 0.165 e. The van der Waals surface area contributed by atoms with E-state index in [1.54, 1.807) is 0 Å². The van der Waals surface area contributed by atoms with E-state index in [1.807, 2.05) is 6.07 Å². The Hall–Kier alpha value is -0.740. The molecule has 104 valence electrons. The second-order valence-electron chi connectivity index (χ2n) is 5.57. The molecule has 0 spiro atoms. The van der Waals surface area contributed by atoms with Crippen molar-refractivity contribution < 1.29 is 9.47 Å². The van der Waals surface area contributed by atoms with Crippen LogP contribution in [0, 0.1) is 6.92 Å². The van der Waals surface area contributed by atoms with Crippen LogP contribution in [0.1, 0.15) is 36.8 Å². The largest absolute Gasteiger partial charge is 0.486 e. The van der Waals surface area contributed by atoms with E-state index in [0.29, 0.717) is 19.8 Å². The Bertz CT molecular complexity index is 495. The van der Waals surface area contributed by atoms with Gasteiger partial charge in [0.2, 0.25) is 0 Å². The van der Waals surface area contributed by atoms with Crippen molar-refractivity contribution in [2.45, 2.75) is 38.0 Å². The van der Waals surface area contributed by atoms with Crippen LogP contribution < -0.4 is 15.2 Å². The first kappa shape index (κ1) is 13.3. The highest BCUT2D eigenvalue weighted by Gasteiger charge is 2.40. The zero-order valence-electron chi connectivity index (χ0n) is 11.3. The van der Waals surface area contributed by atoms with E-state index >= 15 is 0 Å². The number of hydrogen-bond donors (Lipinski definition) is 1. The quantitative estimate of drug-likeness (QED) is 0.907. The zero-order valence-corrected chi connectivity index (χ0v) is 12.9. The summed E-state index contributed by atoms with van der Waals surface area (Å²) < 4.78 is 12.8. The van der Waals surface area contributed by atoms with Gasteiger partial charge in [-0.25, -0.2) is 0 Å². The average Bonchev–Trinajstić information content (AvgIpc) is 2.90. The third-order valence-corrected chi connectivity index (χ3v) is 5.33. The van der Waals surface area contributed by atoms with Gasteiger partial charge in [-0.2, -0.15) is 0 Å². The summed E-state index contributed by atoms with van der Waals surface area (Å²) in [7, 11) is 0. The molecule has 2 N–H and O–H groups in total. The van der Waals surface area contributed by atoms with Crippen LogP contribution in [-0.2, 0) is 5.41 Å². The van der Waals surface area contributed by atoms with Gasteiger partial charge >= 0.3 is 0 Å². The number of halogens is 1. The molecule has 2 aliphatic rings. The molecule has 0 amide bonds. The van der Waals surface area contributed by atoms with Gasteiger partial charge in [-0.3, -0.25) is 0 Å². The summed E-state index contributed by atoms with van der Waals surface area (Å²) in [5.74, 6) is 1.79. The summed E-state index contributed by atoms with van der Waals surface area (Å²) in [5.41, 5.74) is 8.73. The van der Waals surface area contributed by atoms with Crippen molar-refractivity contribution in [3.8, 4) is 11.5 Å². The fourth-order valence-electron chi connectivity index (χ4n) is 3.49. The van der Waals surface area contributed by atoms with Gasteiger partial charge in [0.05, 0.1) is 0 Å². The van der Waals surface area contributed by atoms with E-state index in [2.05, 4.69) is 22.9 Å². The molecule has 1 heterocycles. The second-order valence-corrected chi connectivity index (χ2v) is 6.43. The van der Waals surface area contributed by atoms with E-state index < -0.39 is 0 Å². The molecule has 0 bridgehead atoms. The van der Waals surface area contributed by atoms with E-state index in [9.17, 15) is 0 Å². The Morgan fingerprint density at radius 3 is 2.63 bits per heavy atom. The lowest BCUT2D eigenvalue weighted by Gasteiger charge is -2.34. The number of rotatable bonds is 2. The Labute approximate surface area is 122 Å². The van der Waals surface area contributed by atoms with Crippen molar-refractivity contribution in [2.24, 2.45) is 5.73 Å². The number of ether oxygens (including phenoxy) is 2. The van der Waals surface area contributed by atoms with Gasteiger partial charge in [0.25, 0.3) is 0 Å². The molecule has 1 aliphatic carbocycles. The van der Waals surface area contributed by atoms with Gasteiger partial charge in [-0.05, 0) is 31.4 Å². The summed E-state index contributed by atoms with van der Waals surface area (Å²) in [6.07, 6.45) is 4.80. The first-order valence-electron chi connectivity index (χ1n) is 6.97. The van der Waals surface area contributed by atoms with Crippen molar-refractivity contribution in [1.82, 2.24) is 0 Å². The van der Waals surface area contributed by atoms with Crippen LogP contribution in [0.5, 0.6) is 11.5 Å². The van der Waals surface area contributed by atoms with Gasteiger partial charge in [-0.15, -0.1) is 0 Å². The van der Waals surface area contributed by atoms with Gasteiger partial charge in [-0.1, -0.05) is 28.8 Å². The van der Waals surface area contributed by atoms with Crippen LogP contribution in [0.15, 0.2) is 10.5 Å². The second kappa shape index (κ2) is 4.98. The number of hydrogen-bond acceptors (Lipinski definition) is 3. The molecule has 0 radical (unpaired) electrons. The summed E-state index contributed by atoms with van der Waals surface area (Å²) in [5, 5.41) is 0. The molecule has 19 heavy (non-hydrogen) atoms. The van der Waals surface area contributed by atoms with Crippen molar-refractivity contribution >= 4 is 15.9 Å². The lowest BCUT2D eigenvalue weighted by atomic mass is 9.76. The number of fused-ring (bicyclic) bond motifs is 1. The Morgan fingerprint density at radius 1 is 1.26 bits per heavy atom. The fourth-order valence-corrected chi connectivity index (χ4v) is 3.90. The van der Waals surface area contributed by atoms with Crippen molar-refractivity contribution in [2.75, 3.05) is 19.8 Å². The Balaban J connectivity index is 2.21.